The quantitative estimate of drug-likeness (QED) is 0.660. The molecule has 1 aromatic heterocycles. The van der Waals surface area contributed by atoms with Gasteiger partial charge in [0, 0.05) is 28.2 Å². The molecule has 2 aromatic carbocycles. The average Bonchev–Trinajstić information content (AvgIpc) is 3.01. The van der Waals surface area contributed by atoms with Crippen molar-refractivity contribution in [3.8, 4) is 0 Å². The lowest BCUT2D eigenvalue weighted by atomic mass is 10.1. The molecule has 3 aromatic rings. The van der Waals surface area contributed by atoms with E-state index in [1.807, 2.05) is 18.5 Å². The summed E-state index contributed by atoms with van der Waals surface area (Å²) in [6.45, 7) is 0. The second-order valence-electron chi connectivity index (χ2n) is 4.44. The first kappa shape index (κ1) is 9.54. The summed E-state index contributed by atoms with van der Waals surface area (Å²) in [6, 6.07) is 16.7. The van der Waals surface area contributed by atoms with Crippen LogP contribution >= 0.6 is 0 Å². The van der Waals surface area contributed by atoms with Crippen molar-refractivity contribution >= 4 is 22.7 Å². The lowest BCUT2D eigenvalue weighted by Gasteiger charge is -2.00. The summed E-state index contributed by atoms with van der Waals surface area (Å²) < 4.78 is 0. The van der Waals surface area contributed by atoms with E-state index in [-0.39, 0.29) is 0 Å². The zero-order valence-electron chi connectivity index (χ0n) is 9.72. The highest BCUT2D eigenvalue weighted by Gasteiger charge is 2.12. The van der Waals surface area contributed by atoms with E-state index >= 15 is 0 Å². The zero-order chi connectivity index (χ0) is 11.9. The maximum Gasteiger partial charge on any atom is 0.0949 e. The van der Waals surface area contributed by atoms with Crippen LogP contribution in [0, 0.1) is 0 Å². The SMILES string of the molecule is C1=c2ccccc2=C(c2[nH]cc3ccccc23)[N]1. The third-order valence-electron chi connectivity index (χ3n) is 3.39. The lowest BCUT2D eigenvalue weighted by Crippen LogP contribution is -2.22. The Balaban J connectivity index is 2.10. The number of fused-ring (bicyclic) bond motifs is 2. The van der Waals surface area contributed by atoms with Crippen LogP contribution in [0.15, 0.2) is 54.7 Å². The van der Waals surface area contributed by atoms with Gasteiger partial charge in [0.1, 0.15) is 0 Å². The van der Waals surface area contributed by atoms with Gasteiger partial charge in [0.05, 0.1) is 11.4 Å². The molecule has 0 amide bonds. The van der Waals surface area contributed by atoms with Gasteiger partial charge in [0.2, 0.25) is 0 Å². The number of hydrogen-bond donors (Lipinski definition) is 1. The number of H-pyrrole nitrogens is 1. The van der Waals surface area contributed by atoms with E-state index in [4.69, 9.17) is 0 Å². The largest absolute Gasteiger partial charge is 0.359 e. The van der Waals surface area contributed by atoms with Crippen molar-refractivity contribution in [2.24, 2.45) is 0 Å². The summed E-state index contributed by atoms with van der Waals surface area (Å²) in [5.41, 5.74) is 2.14. The first-order valence-electron chi connectivity index (χ1n) is 6.00. The van der Waals surface area contributed by atoms with Crippen LogP contribution < -0.4 is 15.8 Å². The van der Waals surface area contributed by atoms with Crippen molar-refractivity contribution in [3.63, 3.8) is 0 Å². The van der Waals surface area contributed by atoms with E-state index < -0.39 is 0 Å². The molecule has 0 saturated carbocycles. The van der Waals surface area contributed by atoms with Crippen LogP contribution in [0.2, 0.25) is 0 Å². The molecule has 1 radical (unpaired) electrons. The summed E-state index contributed by atoms with van der Waals surface area (Å²) in [6.07, 6.45) is 3.97. The topological polar surface area (TPSA) is 29.9 Å². The molecule has 0 atom stereocenters. The molecule has 0 aliphatic carbocycles. The first-order chi connectivity index (χ1) is 8.93. The second-order valence-corrected chi connectivity index (χ2v) is 4.44. The van der Waals surface area contributed by atoms with Crippen LogP contribution in [0.1, 0.15) is 5.69 Å². The number of rotatable bonds is 1. The average molecular weight is 231 g/mol. The fourth-order valence-electron chi connectivity index (χ4n) is 2.50. The van der Waals surface area contributed by atoms with Gasteiger partial charge in [-0.05, 0) is 5.39 Å². The highest BCUT2D eigenvalue weighted by atomic mass is 14.9. The zero-order valence-corrected chi connectivity index (χ0v) is 9.72. The van der Waals surface area contributed by atoms with Crippen LogP contribution in [-0.4, -0.2) is 4.98 Å². The number of aromatic nitrogens is 1. The molecule has 18 heavy (non-hydrogen) atoms. The normalized spacial score (nSPS) is 13.2. The van der Waals surface area contributed by atoms with E-state index in [1.54, 1.807) is 0 Å². The predicted octanol–water partition coefficient (Wildman–Crippen LogP) is 1.68. The molecule has 0 saturated heterocycles. The van der Waals surface area contributed by atoms with Crippen LogP contribution in [-0.2, 0) is 0 Å². The Bertz CT molecular complexity index is 856. The standard InChI is InChI=1S/C16H11N2/c1-3-7-13-11(5-1)9-17-15(13)16-14-8-4-2-6-12(14)10-18-16/h1-10,17H. The summed E-state index contributed by atoms with van der Waals surface area (Å²) >= 11 is 0. The van der Waals surface area contributed by atoms with E-state index in [9.17, 15) is 0 Å². The Kier molecular flexibility index (Phi) is 1.86. The minimum atomic E-state index is 1.03. The van der Waals surface area contributed by atoms with E-state index in [0.717, 1.165) is 11.4 Å². The molecular weight excluding hydrogens is 220 g/mol. The Hall–Kier alpha value is -2.48. The number of aromatic amines is 1. The lowest BCUT2D eigenvalue weighted by molar-refractivity contribution is 1.23. The van der Waals surface area contributed by atoms with Gasteiger partial charge in [0.25, 0.3) is 0 Å². The van der Waals surface area contributed by atoms with Gasteiger partial charge in [-0.15, -0.1) is 0 Å². The maximum atomic E-state index is 4.56. The highest BCUT2D eigenvalue weighted by molar-refractivity contribution is 5.93. The predicted molar refractivity (Wildman–Crippen MR) is 73.1 cm³/mol. The molecule has 0 bridgehead atoms. The van der Waals surface area contributed by atoms with Gasteiger partial charge in [-0.1, -0.05) is 48.5 Å². The van der Waals surface area contributed by atoms with Gasteiger partial charge in [-0.3, -0.25) is 5.32 Å². The van der Waals surface area contributed by atoms with Crippen molar-refractivity contribution in [2.75, 3.05) is 0 Å². The van der Waals surface area contributed by atoms with E-state index in [0.29, 0.717) is 0 Å². The molecule has 2 heteroatoms. The molecule has 0 fully saturated rings. The third-order valence-corrected chi connectivity index (χ3v) is 3.39. The molecular formula is C16H11N2. The minimum absolute atomic E-state index is 1.03. The van der Waals surface area contributed by atoms with Crippen molar-refractivity contribution in [2.45, 2.75) is 0 Å². The van der Waals surface area contributed by atoms with Gasteiger partial charge in [-0.2, -0.15) is 0 Å². The fourth-order valence-corrected chi connectivity index (χ4v) is 2.50. The van der Waals surface area contributed by atoms with Crippen LogP contribution in [0.25, 0.3) is 22.7 Å². The van der Waals surface area contributed by atoms with Crippen molar-refractivity contribution in [3.05, 3.63) is 70.9 Å². The van der Waals surface area contributed by atoms with Crippen LogP contribution in [0.4, 0.5) is 0 Å². The van der Waals surface area contributed by atoms with Crippen LogP contribution in [0.3, 0.4) is 0 Å². The number of nitrogens with one attached hydrogen (secondary N) is 1. The molecule has 2 heterocycles. The summed E-state index contributed by atoms with van der Waals surface area (Å²) in [7, 11) is 0. The third kappa shape index (κ3) is 1.23. The Morgan fingerprint density at radius 3 is 2.72 bits per heavy atom. The summed E-state index contributed by atoms with van der Waals surface area (Å²) in [5.74, 6) is 0. The van der Waals surface area contributed by atoms with Gasteiger partial charge < -0.3 is 4.98 Å². The van der Waals surface area contributed by atoms with Crippen molar-refractivity contribution < 1.29 is 0 Å². The molecule has 1 N–H and O–H groups in total. The molecule has 1 aliphatic heterocycles. The van der Waals surface area contributed by atoms with Crippen molar-refractivity contribution in [1.29, 1.82) is 0 Å². The Morgan fingerprint density at radius 2 is 1.72 bits per heavy atom. The summed E-state index contributed by atoms with van der Waals surface area (Å²) in [5, 5.41) is 9.39. The second kappa shape index (κ2) is 3.50. The van der Waals surface area contributed by atoms with E-state index in [1.165, 1.54) is 21.2 Å². The minimum Gasteiger partial charge on any atom is -0.359 e. The maximum absolute atomic E-state index is 4.56. The molecule has 0 spiro atoms. The van der Waals surface area contributed by atoms with Crippen molar-refractivity contribution in [1.82, 2.24) is 10.3 Å². The van der Waals surface area contributed by atoms with Crippen LogP contribution in [0.5, 0.6) is 0 Å². The molecule has 0 unspecified atom stereocenters. The summed E-state index contributed by atoms with van der Waals surface area (Å²) in [4.78, 5) is 3.35. The fraction of sp³-hybridized carbons (Fsp3) is 0. The van der Waals surface area contributed by atoms with E-state index in [2.05, 4.69) is 52.8 Å². The van der Waals surface area contributed by atoms with Gasteiger partial charge >= 0.3 is 0 Å². The van der Waals surface area contributed by atoms with Gasteiger partial charge in [0.15, 0.2) is 0 Å². The molecule has 2 nitrogen and oxygen atoms in total. The monoisotopic (exact) mass is 231 g/mol. The first-order valence-corrected chi connectivity index (χ1v) is 6.00. The van der Waals surface area contributed by atoms with Gasteiger partial charge in [-0.25, -0.2) is 0 Å². The molecule has 85 valence electrons. The number of benzene rings is 2. The number of nitrogens with zero attached hydrogens (tertiary/aromatic N) is 1. The smallest absolute Gasteiger partial charge is 0.0949 e. The number of hydrogen-bond acceptors (Lipinski definition) is 0. The molecule has 1 aliphatic rings. The Morgan fingerprint density at radius 1 is 0.889 bits per heavy atom. The molecule has 4 rings (SSSR count). The highest BCUT2D eigenvalue weighted by Crippen LogP contribution is 2.22. The Labute approximate surface area is 104 Å².